The van der Waals surface area contributed by atoms with Crippen LogP contribution >= 0.6 is 0 Å². The normalized spacial score (nSPS) is 11.1. The van der Waals surface area contributed by atoms with E-state index < -0.39 is 10.0 Å². The predicted octanol–water partition coefficient (Wildman–Crippen LogP) is 5.15. The van der Waals surface area contributed by atoms with E-state index in [0.29, 0.717) is 39.2 Å². The fraction of sp³-hybridized carbons (Fsp3) is 0. The summed E-state index contributed by atoms with van der Waals surface area (Å²) < 4.78 is 28.5. The van der Waals surface area contributed by atoms with Crippen LogP contribution in [-0.4, -0.2) is 24.3 Å². The van der Waals surface area contributed by atoms with Crippen molar-refractivity contribution in [1.29, 1.82) is 5.26 Å². The molecule has 0 radical (unpaired) electrons. The maximum atomic E-state index is 13.2. The van der Waals surface area contributed by atoms with Gasteiger partial charge in [-0.05, 0) is 60.2 Å². The van der Waals surface area contributed by atoms with Crippen LogP contribution in [-0.2, 0) is 10.0 Å². The summed E-state index contributed by atoms with van der Waals surface area (Å²) in [7, 11) is -3.89. The van der Waals surface area contributed by atoms with Crippen molar-refractivity contribution >= 4 is 38.3 Å². The molecule has 5 aromatic rings. The first-order valence-electron chi connectivity index (χ1n) is 10.9. The van der Waals surface area contributed by atoms with Crippen molar-refractivity contribution in [2.24, 2.45) is 0 Å². The summed E-state index contributed by atoms with van der Waals surface area (Å²) in [5, 5.41) is 12.4. The summed E-state index contributed by atoms with van der Waals surface area (Å²) in [6.07, 6.45) is 1.59. The number of rotatable bonds is 6. The van der Waals surface area contributed by atoms with Crippen LogP contribution in [0.4, 0.5) is 11.5 Å². The summed E-state index contributed by atoms with van der Waals surface area (Å²) in [4.78, 5) is 20.6. The number of benzene rings is 3. The lowest BCUT2D eigenvalue weighted by molar-refractivity contribution is 0.102. The number of sulfonamides is 1. The molecular formula is C27H19N5O3S. The molecule has 0 saturated carbocycles. The molecule has 1 amide bonds. The molecule has 0 aliphatic rings. The largest absolute Gasteiger partial charge is 0.350 e. The van der Waals surface area contributed by atoms with Gasteiger partial charge in [0.05, 0.1) is 16.5 Å². The maximum absolute atomic E-state index is 13.2. The Morgan fingerprint density at radius 2 is 1.67 bits per heavy atom. The smallest absolute Gasteiger partial charge is 0.273 e. The monoisotopic (exact) mass is 493 g/mol. The third-order valence-corrected chi connectivity index (χ3v) is 6.94. The predicted molar refractivity (Wildman–Crippen MR) is 138 cm³/mol. The number of pyridine rings is 1. The van der Waals surface area contributed by atoms with Crippen molar-refractivity contribution in [2.75, 3.05) is 10.0 Å². The molecular weight excluding hydrogens is 474 g/mol. The minimum atomic E-state index is -3.89. The quantitative estimate of drug-likeness (QED) is 0.301. The summed E-state index contributed by atoms with van der Waals surface area (Å²) in [6.45, 7) is 0. The van der Waals surface area contributed by atoms with E-state index in [-0.39, 0.29) is 10.8 Å². The van der Waals surface area contributed by atoms with E-state index in [0.717, 1.165) is 5.56 Å². The highest BCUT2D eigenvalue weighted by Crippen LogP contribution is 2.35. The molecule has 2 aromatic heterocycles. The Bertz CT molecular complexity index is 1710. The highest BCUT2D eigenvalue weighted by atomic mass is 32.2. The van der Waals surface area contributed by atoms with E-state index >= 15 is 0 Å². The Hall–Kier alpha value is -4.94. The van der Waals surface area contributed by atoms with Crippen molar-refractivity contribution in [2.45, 2.75) is 4.90 Å². The van der Waals surface area contributed by atoms with Crippen molar-refractivity contribution < 1.29 is 13.2 Å². The molecule has 0 aliphatic carbocycles. The van der Waals surface area contributed by atoms with Crippen LogP contribution in [0.25, 0.3) is 22.0 Å². The zero-order valence-corrected chi connectivity index (χ0v) is 19.6. The van der Waals surface area contributed by atoms with Gasteiger partial charge >= 0.3 is 0 Å². The Kier molecular flexibility index (Phi) is 5.94. The number of amides is 1. The van der Waals surface area contributed by atoms with Gasteiger partial charge in [-0.15, -0.1) is 0 Å². The number of aromatic nitrogens is 2. The summed E-state index contributed by atoms with van der Waals surface area (Å²) >= 11 is 0. The number of hydrogen-bond donors (Lipinski definition) is 3. The van der Waals surface area contributed by atoms with Crippen LogP contribution in [0.15, 0.2) is 102 Å². The van der Waals surface area contributed by atoms with Crippen LogP contribution in [0.2, 0.25) is 0 Å². The van der Waals surface area contributed by atoms with E-state index in [9.17, 15) is 13.2 Å². The first-order chi connectivity index (χ1) is 17.4. The van der Waals surface area contributed by atoms with Gasteiger partial charge < -0.3 is 10.3 Å². The number of nitrogens with one attached hydrogen (secondary N) is 3. The summed E-state index contributed by atoms with van der Waals surface area (Å²) in [5.74, 6) is 0.0412. The molecule has 0 aliphatic heterocycles. The van der Waals surface area contributed by atoms with Gasteiger partial charge in [0.2, 0.25) is 0 Å². The molecule has 36 heavy (non-hydrogen) atoms. The molecule has 8 nitrogen and oxygen atoms in total. The second kappa shape index (κ2) is 9.37. The van der Waals surface area contributed by atoms with Crippen molar-refractivity contribution in [3.63, 3.8) is 0 Å². The zero-order chi connectivity index (χ0) is 25.1. The molecule has 0 fully saturated rings. The topological polar surface area (TPSA) is 128 Å². The van der Waals surface area contributed by atoms with Gasteiger partial charge in [0.25, 0.3) is 15.9 Å². The molecule has 0 unspecified atom stereocenters. The number of hydrogen-bond acceptors (Lipinski definition) is 5. The maximum Gasteiger partial charge on any atom is 0.273 e. The third kappa shape index (κ3) is 4.53. The second-order valence-electron chi connectivity index (χ2n) is 7.91. The van der Waals surface area contributed by atoms with Gasteiger partial charge in [-0.25, -0.2) is 13.4 Å². The van der Waals surface area contributed by atoms with E-state index in [2.05, 4.69) is 20.0 Å². The Balaban J connectivity index is 1.56. The SMILES string of the molecule is N#Cc1ccc(S(=O)(=O)Nc2ccc3[nH]c(C(=O)Nc4ccccn4)c(-c4ccccc4)c3c2)cc1. The average molecular weight is 494 g/mol. The Morgan fingerprint density at radius 1 is 0.917 bits per heavy atom. The molecule has 0 saturated heterocycles. The van der Waals surface area contributed by atoms with Crippen molar-refractivity contribution in [3.8, 4) is 17.2 Å². The molecule has 5 rings (SSSR count). The molecule has 2 heterocycles. The minimum absolute atomic E-state index is 0.0365. The number of H-pyrrole nitrogens is 1. The minimum Gasteiger partial charge on any atom is -0.350 e. The Labute approximate surface area is 207 Å². The fourth-order valence-corrected chi connectivity index (χ4v) is 4.92. The first kappa shape index (κ1) is 22.8. The number of anilines is 2. The number of nitriles is 1. The zero-order valence-electron chi connectivity index (χ0n) is 18.8. The van der Waals surface area contributed by atoms with E-state index in [1.165, 1.54) is 24.3 Å². The van der Waals surface area contributed by atoms with Gasteiger partial charge in [-0.3, -0.25) is 9.52 Å². The molecule has 3 N–H and O–H groups in total. The third-order valence-electron chi connectivity index (χ3n) is 5.54. The van der Waals surface area contributed by atoms with Crippen molar-refractivity contribution in [1.82, 2.24) is 9.97 Å². The standard InChI is InChI=1S/C27H19N5O3S/c28-17-18-9-12-21(13-10-18)36(34,35)32-20-11-14-23-22(16-20)25(19-6-2-1-3-7-19)26(30-23)27(33)31-24-8-4-5-15-29-24/h1-16,30,32H,(H,29,31,33). The van der Waals surface area contributed by atoms with Crippen LogP contribution < -0.4 is 10.0 Å². The Morgan fingerprint density at radius 3 is 2.36 bits per heavy atom. The van der Waals surface area contributed by atoms with Gasteiger partial charge in [0, 0.05) is 28.4 Å². The van der Waals surface area contributed by atoms with Gasteiger partial charge in [-0.1, -0.05) is 36.4 Å². The van der Waals surface area contributed by atoms with Gasteiger partial charge in [-0.2, -0.15) is 5.26 Å². The number of aromatic amines is 1. The lowest BCUT2D eigenvalue weighted by Crippen LogP contribution is -2.14. The molecule has 0 spiro atoms. The summed E-state index contributed by atoms with van der Waals surface area (Å²) in [6, 6.07) is 27.3. The van der Waals surface area contributed by atoms with Crippen LogP contribution in [0, 0.1) is 11.3 Å². The average Bonchev–Trinajstić information content (AvgIpc) is 3.28. The highest BCUT2D eigenvalue weighted by molar-refractivity contribution is 7.92. The van der Waals surface area contributed by atoms with Crippen LogP contribution in [0.1, 0.15) is 16.1 Å². The number of nitrogens with zero attached hydrogens (tertiary/aromatic N) is 2. The number of fused-ring (bicyclic) bond motifs is 1. The van der Waals surface area contributed by atoms with Crippen LogP contribution in [0.5, 0.6) is 0 Å². The lowest BCUT2D eigenvalue weighted by atomic mass is 10.0. The lowest BCUT2D eigenvalue weighted by Gasteiger charge is -2.09. The fourth-order valence-electron chi connectivity index (χ4n) is 3.87. The van der Waals surface area contributed by atoms with E-state index in [4.69, 9.17) is 5.26 Å². The number of carbonyl (C=O) groups excluding carboxylic acids is 1. The number of carbonyl (C=O) groups is 1. The highest BCUT2D eigenvalue weighted by Gasteiger charge is 2.21. The molecule has 176 valence electrons. The molecule has 0 bridgehead atoms. The first-order valence-corrected chi connectivity index (χ1v) is 12.4. The molecule has 3 aromatic carbocycles. The second-order valence-corrected chi connectivity index (χ2v) is 9.59. The van der Waals surface area contributed by atoms with Gasteiger partial charge in [0.1, 0.15) is 11.5 Å². The van der Waals surface area contributed by atoms with E-state index in [1.807, 2.05) is 36.4 Å². The molecule has 0 atom stereocenters. The van der Waals surface area contributed by atoms with Crippen molar-refractivity contribution in [3.05, 3.63) is 108 Å². The molecule has 9 heteroatoms. The summed E-state index contributed by atoms with van der Waals surface area (Å²) in [5.41, 5.74) is 3.13. The van der Waals surface area contributed by atoms with Crippen LogP contribution in [0.3, 0.4) is 0 Å². The van der Waals surface area contributed by atoms with Gasteiger partial charge in [0.15, 0.2) is 0 Å². The van der Waals surface area contributed by atoms with E-state index in [1.54, 1.807) is 42.6 Å².